The number of nitrogens with two attached hydrogens (primary N) is 1. The Labute approximate surface area is 191 Å². The van der Waals surface area contributed by atoms with Crippen LogP contribution in [0.3, 0.4) is 0 Å². The van der Waals surface area contributed by atoms with Crippen LogP contribution >= 0.6 is 23.6 Å². The lowest BCUT2D eigenvalue weighted by molar-refractivity contribution is -0.166. The van der Waals surface area contributed by atoms with Gasteiger partial charge in [-0.1, -0.05) is 11.3 Å². The summed E-state index contributed by atoms with van der Waals surface area (Å²) in [4.78, 5) is 43.3. The van der Waals surface area contributed by atoms with Gasteiger partial charge in [-0.2, -0.15) is 9.97 Å². The first-order valence-corrected chi connectivity index (χ1v) is 10.8. The van der Waals surface area contributed by atoms with Crippen LogP contribution in [0, 0.1) is 3.95 Å². The molecule has 0 radical (unpaired) electrons. The van der Waals surface area contributed by atoms with Crippen LogP contribution in [0.25, 0.3) is 10.3 Å². The Morgan fingerprint density at radius 1 is 1.12 bits per heavy atom. The third-order valence-electron chi connectivity index (χ3n) is 4.32. The number of nitrogens with zero attached hydrogens (tertiary/aromatic N) is 3. The molecule has 4 atom stereocenters. The molecule has 2 aromatic heterocycles. The van der Waals surface area contributed by atoms with Crippen LogP contribution < -0.4 is 10.5 Å². The Hall–Kier alpha value is -2.84. The fourth-order valence-electron chi connectivity index (χ4n) is 3.27. The molecule has 0 amide bonds. The summed E-state index contributed by atoms with van der Waals surface area (Å²) in [5.74, 6) is -1.63. The number of thiazole rings is 1. The summed E-state index contributed by atoms with van der Waals surface area (Å²) in [6, 6.07) is 0. The van der Waals surface area contributed by atoms with Gasteiger partial charge in [-0.3, -0.25) is 19.0 Å². The molecule has 174 valence electrons. The summed E-state index contributed by atoms with van der Waals surface area (Å²) >= 11 is 6.67. The van der Waals surface area contributed by atoms with E-state index < -0.39 is 42.4 Å². The fourth-order valence-corrected chi connectivity index (χ4v) is 4.60. The number of nitrogen functional groups attached to an aromatic ring is 1. The second-order valence-electron chi connectivity index (χ2n) is 6.73. The number of hydrogen-bond donors (Lipinski definition) is 1. The van der Waals surface area contributed by atoms with E-state index in [0.29, 0.717) is 20.9 Å². The molecule has 0 saturated carbocycles. The molecule has 1 aliphatic rings. The maximum atomic E-state index is 11.9. The summed E-state index contributed by atoms with van der Waals surface area (Å²) in [7, 11) is 0. The number of fused-ring (bicyclic) bond motifs is 1. The normalized spacial score (nSPS) is 22.5. The monoisotopic (exact) mass is 486 g/mol. The van der Waals surface area contributed by atoms with Gasteiger partial charge < -0.3 is 29.4 Å². The average Bonchev–Trinajstić information content (AvgIpc) is 3.16. The third-order valence-corrected chi connectivity index (χ3v) is 5.70. The SMILES string of the molecule is CCOc1nc(N)nc2c1sc(=S)n2[C@@H]1O[C@H](COC(C)=O)[C@@H](OC(C)=O)[C@H]1OC(C)=O. The van der Waals surface area contributed by atoms with Crippen LogP contribution in [0.5, 0.6) is 5.88 Å². The van der Waals surface area contributed by atoms with Gasteiger partial charge in [-0.15, -0.1) is 0 Å². The van der Waals surface area contributed by atoms with Crippen molar-refractivity contribution in [3.63, 3.8) is 0 Å². The molecule has 0 bridgehead atoms. The van der Waals surface area contributed by atoms with Gasteiger partial charge in [0.1, 0.15) is 17.4 Å². The minimum atomic E-state index is -1.10. The summed E-state index contributed by atoms with van der Waals surface area (Å²) in [6.07, 6.45) is -4.15. The lowest BCUT2D eigenvalue weighted by Gasteiger charge is -2.23. The molecule has 2 N–H and O–H groups in total. The number of carbonyl (C=O) groups is 3. The molecule has 3 rings (SSSR count). The van der Waals surface area contributed by atoms with Gasteiger partial charge in [-0.25, -0.2) is 0 Å². The average molecular weight is 487 g/mol. The number of esters is 3. The van der Waals surface area contributed by atoms with Crippen molar-refractivity contribution in [1.29, 1.82) is 0 Å². The van der Waals surface area contributed by atoms with Crippen LogP contribution in [0.1, 0.15) is 33.9 Å². The standard InChI is InChI=1S/C18H22N4O8S2/c1-5-26-15-13-14(20-17(19)21-15)22(18(31)32-13)16-12(29-9(4)25)11(28-8(3)24)10(30-16)6-27-7(2)23/h10-12,16H,5-6H2,1-4H3,(H2,19,20,21)/t10-,11-,12-,16-/m1/s1. The molecule has 14 heteroatoms. The van der Waals surface area contributed by atoms with E-state index in [1.807, 2.05) is 0 Å². The zero-order valence-corrected chi connectivity index (χ0v) is 19.4. The quantitative estimate of drug-likeness (QED) is 0.343. The molecule has 0 unspecified atom stereocenters. The summed E-state index contributed by atoms with van der Waals surface area (Å²) in [5, 5.41) is 0. The van der Waals surface area contributed by atoms with Crippen LogP contribution in [0.2, 0.25) is 0 Å². The van der Waals surface area contributed by atoms with Crippen molar-refractivity contribution >= 4 is 57.8 Å². The van der Waals surface area contributed by atoms with E-state index in [0.717, 1.165) is 11.3 Å². The van der Waals surface area contributed by atoms with Gasteiger partial charge in [0, 0.05) is 20.8 Å². The van der Waals surface area contributed by atoms with Crippen molar-refractivity contribution in [3.05, 3.63) is 3.95 Å². The topological polar surface area (TPSA) is 154 Å². The Bertz CT molecular complexity index is 1100. The zero-order chi connectivity index (χ0) is 23.6. The highest BCUT2D eigenvalue weighted by molar-refractivity contribution is 7.73. The Morgan fingerprint density at radius 2 is 1.78 bits per heavy atom. The molecule has 1 fully saturated rings. The molecule has 2 aromatic rings. The van der Waals surface area contributed by atoms with Gasteiger partial charge in [0.25, 0.3) is 0 Å². The molecule has 3 heterocycles. The Morgan fingerprint density at radius 3 is 2.38 bits per heavy atom. The van der Waals surface area contributed by atoms with E-state index >= 15 is 0 Å². The van der Waals surface area contributed by atoms with E-state index in [1.165, 1.54) is 25.3 Å². The van der Waals surface area contributed by atoms with E-state index in [4.69, 9.17) is 41.6 Å². The van der Waals surface area contributed by atoms with Crippen LogP contribution in [0.4, 0.5) is 5.95 Å². The highest BCUT2D eigenvalue weighted by Gasteiger charge is 2.51. The van der Waals surface area contributed by atoms with Crippen molar-refractivity contribution in [3.8, 4) is 5.88 Å². The minimum absolute atomic E-state index is 0.0578. The number of carbonyl (C=O) groups excluding carboxylic acids is 3. The Kier molecular flexibility index (Phi) is 7.26. The maximum absolute atomic E-state index is 11.9. The van der Waals surface area contributed by atoms with Crippen molar-refractivity contribution in [1.82, 2.24) is 14.5 Å². The predicted molar refractivity (Wildman–Crippen MR) is 113 cm³/mol. The van der Waals surface area contributed by atoms with Gasteiger partial charge in [0.05, 0.1) is 6.61 Å². The molecule has 0 spiro atoms. The number of ether oxygens (including phenoxy) is 5. The van der Waals surface area contributed by atoms with Crippen LogP contribution in [-0.4, -0.2) is 64.0 Å². The lowest BCUT2D eigenvalue weighted by atomic mass is 10.1. The van der Waals surface area contributed by atoms with Crippen molar-refractivity contribution in [2.24, 2.45) is 0 Å². The van der Waals surface area contributed by atoms with E-state index in [1.54, 1.807) is 6.92 Å². The number of rotatable bonds is 7. The summed E-state index contributed by atoms with van der Waals surface area (Å²) < 4.78 is 29.8. The largest absolute Gasteiger partial charge is 0.477 e. The number of hydrogen-bond acceptors (Lipinski definition) is 13. The van der Waals surface area contributed by atoms with E-state index in [9.17, 15) is 14.4 Å². The zero-order valence-electron chi connectivity index (χ0n) is 17.7. The second kappa shape index (κ2) is 9.75. The molecule has 32 heavy (non-hydrogen) atoms. The van der Waals surface area contributed by atoms with E-state index in [2.05, 4.69) is 9.97 Å². The molecule has 1 saturated heterocycles. The molecule has 12 nitrogen and oxygen atoms in total. The maximum Gasteiger partial charge on any atom is 0.303 e. The molecule has 1 aliphatic heterocycles. The van der Waals surface area contributed by atoms with E-state index in [-0.39, 0.29) is 18.4 Å². The smallest absolute Gasteiger partial charge is 0.303 e. The number of aromatic nitrogens is 3. The highest BCUT2D eigenvalue weighted by atomic mass is 32.1. The highest BCUT2D eigenvalue weighted by Crippen LogP contribution is 2.39. The van der Waals surface area contributed by atoms with Gasteiger partial charge in [0.2, 0.25) is 11.8 Å². The van der Waals surface area contributed by atoms with Crippen molar-refractivity contribution in [2.75, 3.05) is 18.9 Å². The van der Waals surface area contributed by atoms with Crippen molar-refractivity contribution < 1.29 is 38.1 Å². The van der Waals surface area contributed by atoms with Gasteiger partial charge in [-0.05, 0) is 19.1 Å². The van der Waals surface area contributed by atoms with Gasteiger partial charge >= 0.3 is 17.9 Å². The lowest BCUT2D eigenvalue weighted by Crippen LogP contribution is -2.40. The fraction of sp³-hybridized carbons (Fsp3) is 0.556. The van der Waals surface area contributed by atoms with Crippen LogP contribution in [0.15, 0.2) is 0 Å². The first-order chi connectivity index (χ1) is 15.1. The third kappa shape index (κ3) is 4.97. The number of anilines is 1. The van der Waals surface area contributed by atoms with Crippen LogP contribution in [-0.2, 0) is 33.3 Å². The predicted octanol–water partition coefficient (Wildman–Crippen LogP) is 1.53. The molecule has 0 aliphatic carbocycles. The van der Waals surface area contributed by atoms with Gasteiger partial charge in [0.15, 0.2) is 28.0 Å². The summed E-state index contributed by atoms with van der Waals surface area (Å²) in [5.41, 5.74) is 6.15. The first kappa shape index (κ1) is 23.8. The minimum Gasteiger partial charge on any atom is -0.477 e. The summed E-state index contributed by atoms with van der Waals surface area (Å²) in [6.45, 7) is 5.53. The molecular weight excluding hydrogens is 464 g/mol. The Balaban J connectivity index is 2.13. The molecular formula is C18H22N4O8S2. The second-order valence-corrected chi connectivity index (χ2v) is 8.37. The molecule has 0 aromatic carbocycles. The first-order valence-electron chi connectivity index (χ1n) is 9.57. The van der Waals surface area contributed by atoms with Crippen molar-refractivity contribution in [2.45, 2.75) is 52.2 Å².